The topological polar surface area (TPSA) is 64.6 Å². The van der Waals surface area contributed by atoms with E-state index < -0.39 is 11.8 Å². The largest absolute Gasteiger partial charge is 0.494 e. The van der Waals surface area contributed by atoms with Crippen molar-refractivity contribution in [2.24, 2.45) is 5.92 Å². The molecule has 1 atom stereocenters. The van der Waals surface area contributed by atoms with Crippen molar-refractivity contribution in [3.63, 3.8) is 0 Å². The molecule has 1 aliphatic carbocycles. The Hall–Kier alpha value is -2.11. The van der Waals surface area contributed by atoms with Gasteiger partial charge in [-0.3, -0.25) is 4.79 Å². The summed E-state index contributed by atoms with van der Waals surface area (Å²) >= 11 is 0. The highest BCUT2D eigenvalue weighted by Crippen LogP contribution is 2.32. The molecule has 0 bridgehead atoms. The minimum absolute atomic E-state index is 0.0383. The number of halogens is 1. The van der Waals surface area contributed by atoms with Crippen LogP contribution >= 0.6 is 0 Å². The fourth-order valence-electron chi connectivity index (χ4n) is 2.02. The van der Waals surface area contributed by atoms with Gasteiger partial charge in [-0.25, -0.2) is 9.18 Å². The van der Waals surface area contributed by atoms with Crippen molar-refractivity contribution in [1.29, 1.82) is 0 Å². The zero-order valence-corrected chi connectivity index (χ0v) is 12.0. The zero-order chi connectivity index (χ0) is 15.4. The summed E-state index contributed by atoms with van der Waals surface area (Å²) in [6.07, 6.45) is 2.23. The quantitative estimate of drug-likeness (QED) is 0.814. The summed E-state index contributed by atoms with van der Waals surface area (Å²) in [7, 11) is 1.34. The van der Waals surface area contributed by atoms with Gasteiger partial charge in [-0.05, 0) is 43.9 Å². The molecule has 6 heteroatoms. The maximum Gasteiger partial charge on any atom is 0.338 e. The average Bonchev–Trinajstić information content (AvgIpc) is 3.29. The Labute approximate surface area is 122 Å². The van der Waals surface area contributed by atoms with Crippen molar-refractivity contribution in [3.05, 3.63) is 29.6 Å². The number of benzene rings is 1. The van der Waals surface area contributed by atoms with Crippen LogP contribution in [0, 0.1) is 11.7 Å². The van der Waals surface area contributed by atoms with E-state index in [0.29, 0.717) is 5.92 Å². The van der Waals surface area contributed by atoms with Gasteiger partial charge in [-0.15, -0.1) is 0 Å². The molecule has 21 heavy (non-hydrogen) atoms. The lowest BCUT2D eigenvalue weighted by molar-refractivity contribution is -0.124. The van der Waals surface area contributed by atoms with E-state index in [1.165, 1.54) is 19.2 Å². The Morgan fingerprint density at radius 3 is 2.71 bits per heavy atom. The molecule has 1 amide bonds. The second kappa shape index (κ2) is 6.56. The van der Waals surface area contributed by atoms with Crippen LogP contribution in [-0.4, -0.2) is 31.6 Å². The first kappa shape index (κ1) is 15.3. The molecule has 0 aliphatic heterocycles. The highest BCUT2D eigenvalue weighted by molar-refractivity contribution is 5.91. The van der Waals surface area contributed by atoms with Crippen LogP contribution in [0.5, 0.6) is 5.75 Å². The monoisotopic (exact) mass is 295 g/mol. The summed E-state index contributed by atoms with van der Waals surface area (Å²) in [5.41, 5.74) is 0.0383. The van der Waals surface area contributed by atoms with E-state index in [2.05, 4.69) is 5.32 Å². The van der Waals surface area contributed by atoms with Crippen molar-refractivity contribution < 1.29 is 23.5 Å². The van der Waals surface area contributed by atoms with Gasteiger partial charge in [0.25, 0.3) is 5.91 Å². The zero-order valence-electron chi connectivity index (χ0n) is 12.0. The second-order valence-corrected chi connectivity index (χ2v) is 5.12. The number of rotatable bonds is 6. The molecule has 1 aromatic carbocycles. The first-order chi connectivity index (χ1) is 10.0. The van der Waals surface area contributed by atoms with E-state index >= 15 is 0 Å². The molecule has 5 nitrogen and oxygen atoms in total. The Bertz CT molecular complexity index is 542. The number of hydrogen-bond acceptors (Lipinski definition) is 4. The van der Waals surface area contributed by atoms with E-state index in [9.17, 15) is 14.0 Å². The normalized spacial score (nSPS) is 15.2. The summed E-state index contributed by atoms with van der Waals surface area (Å²) < 4.78 is 23.1. The highest BCUT2D eigenvalue weighted by Gasteiger charge is 2.29. The van der Waals surface area contributed by atoms with Crippen molar-refractivity contribution >= 4 is 11.9 Å². The van der Waals surface area contributed by atoms with Crippen molar-refractivity contribution in [3.8, 4) is 5.75 Å². The van der Waals surface area contributed by atoms with Crippen LogP contribution in [0.3, 0.4) is 0 Å². The molecule has 1 aliphatic rings. The molecule has 2 rings (SSSR count). The van der Waals surface area contributed by atoms with Crippen LogP contribution in [0.4, 0.5) is 4.39 Å². The van der Waals surface area contributed by atoms with E-state index in [4.69, 9.17) is 9.47 Å². The second-order valence-electron chi connectivity index (χ2n) is 5.12. The molecule has 1 fully saturated rings. The molecule has 0 unspecified atom stereocenters. The van der Waals surface area contributed by atoms with Crippen molar-refractivity contribution in [2.45, 2.75) is 25.8 Å². The molecule has 1 N–H and O–H groups in total. The van der Waals surface area contributed by atoms with Crippen molar-refractivity contribution in [2.75, 3.05) is 13.7 Å². The van der Waals surface area contributed by atoms with Gasteiger partial charge >= 0.3 is 5.97 Å². The number of carbonyl (C=O) groups excluding carboxylic acids is 2. The van der Waals surface area contributed by atoms with Crippen LogP contribution < -0.4 is 10.1 Å². The highest BCUT2D eigenvalue weighted by atomic mass is 19.1. The smallest absolute Gasteiger partial charge is 0.338 e. The standard InChI is InChI=1S/C15H18FNO4/c1-9(10-3-4-10)17-14(18)8-21-15(19)11-5-6-13(20-2)12(16)7-11/h5-7,9-10H,3-4,8H2,1-2H3,(H,17,18)/t9-/m0/s1. The summed E-state index contributed by atoms with van der Waals surface area (Å²) in [6, 6.07) is 3.83. The van der Waals surface area contributed by atoms with E-state index in [1.807, 2.05) is 6.92 Å². The number of carbonyl (C=O) groups is 2. The minimum Gasteiger partial charge on any atom is -0.494 e. The van der Waals surface area contributed by atoms with Gasteiger partial charge in [0.2, 0.25) is 0 Å². The Morgan fingerprint density at radius 2 is 2.14 bits per heavy atom. The van der Waals surface area contributed by atoms with E-state index in [0.717, 1.165) is 18.9 Å². The fraction of sp³-hybridized carbons (Fsp3) is 0.467. The molecular formula is C15H18FNO4. The summed E-state index contributed by atoms with van der Waals surface area (Å²) in [5, 5.41) is 2.77. The first-order valence-electron chi connectivity index (χ1n) is 6.81. The summed E-state index contributed by atoms with van der Waals surface area (Å²) in [6.45, 7) is 1.56. The van der Waals surface area contributed by atoms with Gasteiger partial charge in [0, 0.05) is 6.04 Å². The lowest BCUT2D eigenvalue weighted by Crippen LogP contribution is -2.37. The lowest BCUT2D eigenvalue weighted by atomic mass is 10.2. The number of hydrogen-bond donors (Lipinski definition) is 1. The number of nitrogens with one attached hydrogen (secondary N) is 1. The van der Waals surface area contributed by atoms with Gasteiger partial charge in [-0.2, -0.15) is 0 Å². The molecule has 0 saturated heterocycles. The van der Waals surface area contributed by atoms with Crippen LogP contribution in [-0.2, 0) is 9.53 Å². The predicted molar refractivity (Wildman–Crippen MR) is 73.6 cm³/mol. The molecule has 1 aromatic rings. The molecule has 0 heterocycles. The van der Waals surface area contributed by atoms with Gasteiger partial charge in [0.1, 0.15) is 0 Å². The van der Waals surface area contributed by atoms with Gasteiger partial charge in [0.15, 0.2) is 18.2 Å². The average molecular weight is 295 g/mol. The van der Waals surface area contributed by atoms with Crippen LogP contribution in [0.25, 0.3) is 0 Å². The number of methoxy groups -OCH3 is 1. The summed E-state index contributed by atoms with van der Waals surface area (Å²) in [4.78, 5) is 23.3. The van der Waals surface area contributed by atoms with Crippen LogP contribution in [0.1, 0.15) is 30.1 Å². The Kier molecular flexibility index (Phi) is 4.77. The number of esters is 1. The molecule has 0 radical (unpaired) electrons. The lowest BCUT2D eigenvalue weighted by Gasteiger charge is -2.12. The number of ether oxygens (including phenoxy) is 2. The Balaban J connectivity index is 1.83. The maximum atomic E-state index is 13.5. The maximum absolute atomic E-state index is 13.5. The van der Waals surface area contributed by atoms with E-state index in [-0.39, 0.29) is 29.9 Å². The Morgan fingerprint density at radius 1 is 1.43 bits per heavy atom. The van der Waals surface area contributed by atoms with Gasteiger partial charge < -0.3 is 14.8 Å². The predicted octanol–water partition coefficient (Wildman–Crippen LogP) is 1.91. The number of amides is 1. The summed E-state index contributed by atoms with van der Waals surface area (Å²) in [5.74, 6) is -1.18. The van der Waals surface area contributed by atoms with Gasteiger partial charge in [-0.1, -0.05) is 0 Å². The van der Waals surface area contributed by atoms with Crippen molar-refractivity contribution in [1.82, 2.24) is 5.32 Å². The minimum atomic E-state index is -0.745. The molecule has 0 aromatic heterocycles. The first-order valence-corrected chi connectivity index (χ1v) is 6.81. The van der Waals surface area contributed by atoms with E-state index in [1.54, 1.807) is 0 Å². The molecular weight excluding hydrogens is 277 g/mol. The SMILES string of the molecule is COc1ccc(C(=O)OCC(=O)N[C@@H](C)C2CC2)cc1F. The third-order valence-electron chi connectivity index (χ3n) is 3.44. The molecule has 0 spiro atoms. The third-order valence-corrected chi connectivity index (χ3v) is 3.44. The third kappa shape index (κ3) is 4.18. The van der Waals surface area contributed by atoms with Crippen LogP contribution in [0.2, 0.25) is 0 Å². The van der Waals surface area contributed by atoms with Gasteiger partial charge in [0.05, 0.1) is 12.7 Å². The molecule has 114 valence electrons. The van der Waals surface area contributed by atoms with Crippen LogP contribution in [0.15, 0.2) is 18.2 Å². The fourth-order valence-corrected chi connectivity index (χ4v) is 2.02. The molecule has 1 saturated carbocycles.